The molecule has 19 heavy (non-hydrogen) atoms. The monoisotopic (exact) mass is 298 g/mol. The third kappa shape index (κ3) is 11.5. The number of halogens is 1. The predicted octanol–water partition coefficient (Wildman–Crippen LogP) is 2.09. The van der Waals surface area contributed by atoms with Gasteiger partial charge in [-0.25, -0.2) is 9.18 Å². The quantitative estimate of drug-likeness (QED) is 0.303. The van der Waals surface area contributed by atoms with E-state index in [9.17, 15) is 18.5 Å². The van der Waals surface area contributed by atoms with Crippen molar-refractivity contribution in [1.29, 1.82) is 0 Å². The molecule has 0 spiro atoms. The lowest BCUT2D eigenvalue weighted by atomic mass is 10.3. The highest BCUT2D eigenvalue weighted by Gasteiger charge is 2.15. The Morgan fingerprint density at radius 2 is 2.05 bits per heavy atom. The molecule has 1 N–H and O–H groups in total. The first-order valence-electron chi connectivity index (χ1n) is 5.72. The summed E-state index contributed by atoms with van der Waals surface area (Å²) in [5, 5.41) is 1.87. The number of esters is 1. The molecule has 0 aromatic heterocycles. The smallest absolute Gasteiger partial charge is 0.428 e. The fraction of sp³-hybridized carbons (Fsp3) is 0.800. The highest BCUT2D eigenvalue weighted by molar-refractivity contribution is 7.38. The number of hydrogen-bond donors (Lipinski definition) is 1. The van der Waals surface area contributed by atoms with E-state index in [-0.39, 0.29) is 19.4 Å². The Labute approximate surface area is 111 Å². The summed E-state index contributed by atoms with van der Waals surface area (Å²) in [6.45, 7) is 2.50. The van der Waals surface area contributed by atoms with Gasteiger partial charge in [0, 0.05) is 12.8 Å². The van der Waals surface area contributed by atoms with Gasteiger partial charge in [0.25, 0.3) is 0 Å². The Bertz CT molecular complexity index is 314. The molecule has 2 atom stereocenters. The van der Waals surface area contributed by atoms with Crippen molar-refractivity contribution < 1.29 is 32.5 Å². The molecule has 0 aliphatic rings. The first-order chi connectivity index (χ1) is 8.95. The van der Waals surface area contributed by atoms with Crippen LogP contribution in [0.2, 0.25) is 0 Å². The molecule has 0 aromatic rings. The van der Waals surface area contributed by atoms with Gasteiger partial charge in [-0.15, -0.1) is 4.52 Å². The number of carbonyl (C=O) groups excluding carboxylic acids is 2. The van der Waals surface area contributed by atoms with Crippen molar-refractivity contribution in [2.75, 3.05) is 20.1 Å². The van der Waals surface area contributed by atoms with Crippen molar-refractivity contribution in [3.8, 4) is 0 Å². The van der Waals surface area contributed by atoms with Gasteiger partial charge >= 0.3 is 20.1 Å². The molecule has 0 fully saturated rings. The fourth-order valence-corrected chi connectivity index (χ4v) is 1.31. The summed E-state index contributed by atoms with van der Waals surface area (Å²) >= 11 is 0. The third-order valence-corrected chi connectivity index (χ3v) is 2.33. The highest BCUT2D eigenvalue weighted by Crippen LogP contribution is 2.15. The number of alkyl halides is 1. The van der Waals surface area contributed by atoms with Crippen LogP contribution in [-0.2, 0) is 23.4 Å². The standard InChI is InChI=1S/C10H17FNO6P/c1-3-4-9(13)16-7-17-10(14)12-8(11)5-6-18-19(2)15/h8H,3-7H2,1-2H3/p+1. The number of alkyl carbamates (subject to hydrolysis) is 1. The van der Waals surface area contributed by atoms with E-state index < -0.39 is 33.2 Å². The molecule has 7 nitrogen and oxygen atoms in total. The molecule has 2 unspecified atom stereocenters. The lowest BCUT2D eigenvalue weighted by Crippen LogP contribution is -2.33. The third-order valence-electron chi connectivity index (χ3n) is 1.78. The summed E-state index contributed by atoms with van der Waals surface area (Å²) in [6.07, 6.45) is -2.04. The first kappa shape index (κ1) is 17.7. The van der Waals surface area contributed by atoms with E-state index >= 15 is 0 Å². The maximum Gasteiger partial charge on any atom is 0.504 e. The van der Waals surface area contributed by atoms with E-state index in [1.165, 1.54) is 6.66 Å². The summed E-state index contributed by atoms with van der Waals surface area (Å²) in [6, 6.07) is 0. The lowest BCUT2D eigenvalue weighted by molar-refractivity contribution is -0.151. The highest BCUT2D eigenvalue weighted by atomic mass is 31.1. The molecule has 0 aliphatic carbocycles. The van der Waals surface area contributed by atoms with Gasteiger partial charge in [0.1, 0.15) is 6.61 Å². The molecule has 0 heterocycles. The second-order valence-corrected chi connectivity index (χ2v) is 4.63. The molecule has 0 rings (SSSR count). The number of carbonyl (C=O) groups is 2. The predicted molar refractivity (Wildman–Crippen MR) is 64.5 cm³/mol. The second kappa shape index (κ2) is 10.6. The van der Waals surface area contributed by atoms with Gasteiger partial charge in [0.2, 0.25) is 6.79 Å². The molecule has 0 aliphatic heterocycles. The minimum Gasteiger partial charge on any atom is -0.428 e. The molecule has 0 aromatic carbocycles. The molecule has 9 heteroatoms. The zero-order valence-corrected chi connectivity index (χ0v) is 11.8. The molecular formula is C10H18FNO6P+. The molecule has 110 valence electrons. The molecular weight excluding hydrogens is 280 g/mol. The average molecular weight is 298 g/mol. The maximum atomic E-state index is 13.1. The summed E-state index contributed by atoms with van der Waals surface area (Å²) in [5.74, 6) is -0.493. The second-order valence-electron chi connectivity index (χ2n) is 3.49. The van der Waals surface area contributed by atoms with E-state index in [2.05, 4.69) is 14.0 Å². The van der Waals surface area contributed by atoms with Crippen LogP contribution in [-0.4, -0.2) is 38.4 Å². The lowest BCUT2D eigenvalue weighted by Gasteiger charge is -2.10. The van der Waals surface area contributed by atoms with E-state index in [0.717, 1.165) is 0 Å². The Balaban J connectivity index is 3.62. The SMILES string of the molecule is CCCC(=O)OCOC(=O)NC(F)CCO[P+](C)=O. The summed E-state index contributed by atoms with van der Waals surface area (Å²) in [5.41, 5.74) is 0. The van der Waals surface area contributed by atoms with Crippen molar-refractivity contribution >= 4 is 20.1 Å². The molecule has 0 saturated heterocycles. The number of rotatable bonds is 9. The maximum absolute atomic E-state index is 13.1. The van der Waals surface area contributed by atoms with Gasteiger partial charge < -0.3 is 9.47 Å². The van der Waals surface area contributed by atoms with Gasteiger partial charge in [0.15, 0.2) is 13.0 Å². The summed E-state index contributed by atoms with van der Waals surface area (Å²) < 4.78 is 37.3. The van der Waals surface area contributed by atoms with Crippen molar-refractivity contribution in [1.82, 2.24) is 5.32 Å². The minimum absolute atomic E-state index is 0.0847. The summed E-state index contributed by atoms with van der Waals surface area (Å²) in [4.78, 5) is 21.9. The van der Waals surface area contributed by atoms with Crippen molar-refractivity contribution in [3.05, 3.63) is 0 Å². The first-order valence-corrected chi connectivity index (χ1v) is 7.35. The zero-order valence-electron chi connectivity index (χ0n) is 10.9. The van der Waals surface area contributed by atoms with Crippen LogP contribution in [0.1, 0.15) is 26.2 Å². The van der Waals surface area contributed by atoms with Crippen LogP contribution in [0.4, 0.5) is 9.18 Å². The molecule has 0 radical (unpaired) electrons. The fourth-order valence-electron chi connectivity index (χ4n) is 0.951. The van der Waals surface area contributed by atoms with E-state index in [1.54, 1.807) is 6.92 Å². The number of amides is 1. The number of nitrogens with one attached hydrogen (secondary N) is 1. The van der Waals surface area contributed by atoms with Crippen LogP contribution >= 0.6 is 8.03 Å². The Hall–Kier alpha value is -1.27. The Morgan fingerprint density at radius 3 is 2.63 bits per heavy atom. The number of hydrogen-bond acceptors (Lipinski definition) is 6. The van der Waals surface area contributed by atoms with E-state index in [4.69, 9.17) is 0 Å². The Kier molecular flexibility index (Phi) is 9.92. The van der Waals surface area contributed by atoms with Gasteiger partial charge in [0.05, 0.1) is 0 Å². The van der Waals surface area contributed by atoms with E-state index in [0.29, 0.717) is 6.42 Å². The van der Waals surface area contributed by atoms with Crippen LogP contribution in [0, 0.1) is 0 Å². The number of ether oxygens (including phenoxy) is 2. The van der Waals surface area contributed by atoms with Crippen LogP contribution < -0.4 is 5.32 Å². The van der Waals surface area contributed by atoms with Gasteiger partial charge in [-0.05, 0) is 11.0 Å². The van der Waals surface area contributed by atoms with Crippen molar-refractivity contribution in [3.63, 3.8) is 0 Å². The zero-order chi connectivity index (χ0) is 14.7. The molecule has 0 bridgehead atoms. The van der Waals surface area contributed by atoms with Crippen molar-refractivity contribution in [2.45, 2.75) is 32.5 Å². The van der Waals surface area contributed by atoms with Gasteiger partial charge in [-0.3, -0.25) is 10.1 Å². The van der Waals surface area contributed by atoms with Gasteiger partial charge in [-0.1, -0.05) is 6.92 Å². The average Bonchev–Trinajstić information content (AvgIpc) is 2.28. The topological polar surface area (TPSA) is 90.9 Å². The molecule has 1 amide bonds. The summed E-state index contributed by atoms with van der Waals surface area (Å²) in [7, 11) is -1.79. The Morgan fingerprint density at radius 1 is 1.37 bits per heavy atom. The molecule has 0 saturated carbocycles. The van der Waals surface area contributed by atoms with Crippen molar-refractivity contribution in [2.24, 2.45) is 0 Å². The van der Waals surface area contributed by atoms with E-state index in [1.807, 2.05) is 5.32 Å². The minimum atomic E-state index is -1.79. The van der Waals surface area contributed by atoms with Crippen LogP contribution in [0.5, 0.6) is 0 Å². The van der Waals surface area contributed by atoms with Gasteiger partial charge in [-0.2, -0.15) is 0 Å². The van der Waals surface area contributed by atoms with Crippen LogP contribution in [0.15, 0.2) is 0 Å². The van der Waals surface area contributed by atoms with Crippen LogP contribution in [0.3, 0.4) is 0 Å². The normalized spacial score (nSPS) is 12.5. The largest absolute Gasteiger partial charge is 0.504 e. The van der Waals surface area contributed by atoms with Crippen LogP contribution in [0.25, 0.3) is 0 Å².